The van der Waals surface area contributed by atoms with Crippen molar-refractivity contribution in [2.24, 2.45) is 23.7 Å². The first kappa shape index (κ1) is 12.6. The molecule has 4 rings (SSSR count). The first-order valence-corrected chi connectivity index (χ1v) is 8.82. The summed E-state index contributed by atoms with van der Waals surface area (Å²) in [5.41, 5.74) is 0. The summed E-state index contributed by atoms with van der Waals surface area (Å²) >= 11 is 0. The molecule has 1 saturated heterocycles. The molecule has 4 aliphatic rings. The maximum absolute atomic E-state index is 3.83. The van der Waals surface area contributed by atoms with Crippen molar-refractivity contribution >= 4 is 0 Å². The van der Waals surface area contributed by atoms with Crippen molar-refractivity contribution in [1.29, 1.82) is 0 Å². The Bertz CT molecular complexity index is 305. The molecule has 0 aromatic carbocycles. The Kier molecular flexibility index (Phi) is 3.35. The molecule has 0 spiro atoms. The summed E-state index contributed by atoms with van der Waals surface area (Å²) in [6.45, 7) is 6.40. The lowest BCUT2D eigenvalue weighted by atomic mass is 9.94. The van der Waals surface area contributed by atoms with Crippen molar-refractivity contribution in [2.75, 3.05) is 19.6 Å². The summed E-state index contributed by atoms with van der Waals surface area (Å²) in [5.74, 6) is 4.30. The van der Waals surface area contributed by atoms with Gasteiger partial charge in [0.05, 0.1) is 0 Å². The summed E-state index contributed by atoms with van der Waals surface area (Å²) in [7, 11) is 0. The highest BCUT2D eigenvalue weighted by Gasteiger charge is 2.44. The van der Waals surface area contributed by atoms with E-state index in [9.17, 15) is 0 Å². The van der Waals surface area contributed by atoms with Crippen LogP contribution in [0.25, 0.3) is 0 Å². The summed E-state index contributed by atoms with van der Waals surface area (Å²) in [4.78, 5) is 2.89. The number of rotatable bonds is 6. The second-order valence-corrected chi connectivity index (χ2v) is 7.71. The molecular formula is C17H30N2. The van der Waals surface area contributed by atoms with Crippen molar-refractivity contribution in [3.63, 3.8) is 0 Å². The molecule has 2 unspecified atom stereocenters. The molecule has 4 fully saturated rings. The lowest BCUT2D eigenvalue weighted by Crippen LogP contribution is -2.58. The predicted molar refractivity (Wildman–Crippen MR) is 79.1 cm³/mol. The normalized spacial score (nSPS) is 36.9. The van der Waals surface area contributed by atoms with Gasteiger partial charge in [-0.15, -0.1) is 0 Å². The number of hydrogen-bond donors (Lipinski definition) is 1. The maximum atomic E-state index is 3.83. The number of nitrogens with one attached hydrogen (secondary N) is 1. The van der Waals surface area contributed by atoms with Gasteiger partial charge in [-0.25, -0.2) is 0 Å². The zero-order valence-electron chi connectivity index (χ0n) is 12.5. The first-order valence-electron chi connectivity index (χ1n) is 8.82. The van der Waals surface area contributed by atoms with E-state index in [1.165, 1.54) is 64.6 Å². The Morgan fingerprint density at radius 1 is 1.05 bits per heavy atom. The molecule has 0 aromatic rings. The highest BCUT2D eigenvalue weighted by atomic mass is 15.2. The zero-order valence-corrected chi connectivity index (χ0v) is 12.5. The Hall–Kier alpha value is -0.0800. The van der Waals surface area contributed by atoms with E-state index in [1.54, 1.807) is 0 Å². The summed E-state index contributed by atoms with van der Waals surface area (Å²) in [5, 5.41) is 3.83. The third kappa shape index (κ3) is 2.85. The van der Waals surface area contributed by atoms with Gasteiger partial charge in [0.15, 0.2) is 0 Å². The SMILES string of the molecule is CCC1CNC(C2CC2)CN1CC(C1CC1)C1CC1. The van der Waals surface area contributed by atoms with Crippen molar-refractivity contribution in [3.05, 3.63) is 0 Å². The number of nitrogens with zero attached hydrogens (tertiary/aromatic N) is 1. The van der Waals surface area contributed by atoms with Gasteiger partial charge in [-0.2, -0.15) is 0 Å². The predicted octanol–water partition coefficient (Wildman–Crippen LogP) is 2.89. The quantitative estimate of drug-likeness (QED) is 0.792. The molecule has 108 valence electrons. The third-order valence-electron chi connectivity index (χ3n) is 6.13. The van der Waals surface area contributed by atoms with Crippen LogP contribution in [0.2, 0.25) is 0 Å². The van der Waals surface area contributed by atoms with Crippen molar-refractivity contribution in [1.82, 2.24) is 10.2 Å². The molecule has 0 radical (unpaired) electrons. The molecule has 0 amide bonds. The van der Waals surface area contributed by atoms with Gasteiger partial charge in [0.2, 0.25) is 0 Å². The highest BCUT2D eigenvalue weighted by molar-refractivity contribution is 4.98. The van der Waals surface area contributed by atoms with Crippen molar-refractivity contribution in [3.8, 4) is 0 Å². The highest BCUT2D eigenvalue weighted by Crippen LogP contribution is 2.49. The minimum atomic E-state index is 0.815. The molecule has 1 heterocycles. The van der Waals surface area contributed by atoms with E-state index in [1.807, 2.05) is 0 Å². The summed E-state index contributed by atoms with van der Waals surface area (Å²) < 4.78 is 0. The van der Waals surface area contributed by atoms with Crippen LogP contribution in [-0.4, -0.2) is 36.6 Å². The molecule has 2 atom stereocenters. The van der Waals surface area contributed by atoms with E-state index >= 15 is 0 Å². The third-order valence-corrected chi connectivity index (χ3v) is 6.13. The Balaban J connectivity index is 1.40. The molecule has 0 bridgehead atoms. The minimum Gasteiger partial charge on any atom is -0.311 e. The lowest BCUT2D eigenvalue weighted by Gasteiger charge is -2.42. The lowest BCUT2D eigenvalue weighted by molar-refractivity contribution is 0.0902. The van der Waals surface area contributed by atoms with Crippen LogP contribution in [0.5, 0.6) is 0 Å². The second-order valence-electron chi connectivity index (χ2n) is 7.71. The molecule has 2 heteroatoms. The fourth-order valence-electron chi connectivity index (χ4n) is 4.33. The average Bonchev–Trinajstić information content (AvgIpc) is 3.33. The molecule has 19 heavy (non-hydrogen) atoms. The van der Waals surface area contributed by atoms with Gasteiger partial charge in [0, 0.05) is 31.7 Å². The van der Waals surface area contributed by atoms with Crippen LogP contribution in [0.1, 0.15) is 51.9 Å². The number of piperazine rings is 1. The van der Waals surface area contributed by atoms with Crippen LogP contribution in [0.4, 0.5) is 0 Å². The molecule has 0 aromatic heterocycles. The minimum absolute atomic E-state index is 0.815. The maximum Gasteiger partial charge on any atom is 0.0224 e. The molecule has 1 aliphatic heterocycles. The van der Waals surface area contributed by atoms with Crippen LogP contribution < -0.4 is 5.32 Å². The van der Waals surface area contributed by atoms with E-state index in [4.69, 9.17) is 0 Å². The van der Waals surface area contributed by atoms with Crippen LogP contribution in [0, 0.1) is 23.7 Å². The van der Waals surface area contributed by atoms with E-state index in [0.717, 1.165) is 35.8 Å². The van der Waals surface area contributed by atoms with Crippen LogP contribution in [0.15, 0.2) is 0 Å². The van der Waals surface area contributed by atoms with Gasteiger partial charge in [0.25, 0.3) is 0 Å². The first-order chi connectivity index (χ1) is 9.35. The van der Waals surface area contributed by atoms with Gasteiger partial charge in [0.1, 0.15) is 0 Å². The fourth-order valence-corrected chi connectivity index (χ4v) is 4.33. The standard InChI is InChI=1S/C17H30N2/c1-2-15-9-18-17(14-7-8-14)11-19(15)10-16(12-3-4-12)13-5-6-13/h12-18H,2-11H2,1H3. The van der Waals surface area contributed by atoms with Crippen LogP contribution in [0.3, 0.4) is 0 Å². The topological polar surface area (TPSA) is 15.3 Å². The molecular weight excluding hydrogens is 232 g/mol. The Labute approximate surface area is 118 Å². The number of hydrogen-bond acceptors (Lipinski definition) is 2. The molecule has 1 N–H and O–H groups in total. The average molecular weight is 262 g/mol. The molecule has 3 aliphatic carbocycles. The van der Waals surface area contributed by atoms with Crippen LogP contribution in [-0.2, 0) is 0 Å². The van der Waals surface area contributed by atoms with Crippen molar-refractivity contribution < 1.29 is 0 Å². The zero-order chi connectivity index (χ0) is 12.8. The van der Waals surface area contributed by atoms with Gasteiger partial charge in [-0.1, -0.05) is 6.92 Å². The van der Waals surface area contributed by atoms with Gasteiger partial charge < -0.3 is 5.32 Å². The van der Waals surface area contributed by atoms with E-state index in [0.29, 0.717) is 0 Å². The monoisotopic (exact) mass is 262 g/mol. The Morgan fingerprint density at radius 3 is 2.26 bits per heavy atom. The van der Waals surface area contributed by atoms with E-state index in [2.05, 4.69) is 17.1 Å². The second kappa shape index (κ2) is 5.04. The Morgan fingerprint density at radius 2 is 1.74 bits per heavy atom. The van der Waals surface area contributed by atoms with E-state index < -0.39 is 0 Å². The molecule has 2 nitrogen and oxygen atoms in total. The summed E-state index contributed by atoms with van der Waals surface area (Å²) in [6, 6.07) is 1.64. The van der Waals surface area contributed by atoms with Gasteiger partial charge in [-0.3, -0.25) is 4.90 Å². The van der Waals surface area contributed by atoms with Gasteiger partial charge in [-0.05, 0) is 68.6 Å². The smallest absolute Gasteiger partial charge is 0.0224 e. The molecule has 3 saturated carbocycles. The van der Waals surface area contributed by atoms with Crippen LogP contribution >= 0.6 is 0 Å². The summed E-state index contributed by atoms with van der Waals surface area (Å²) in [6.07, 6.45) is 10.4. The largest absolute Gasteiger partial charge is 0.311 e. The van der Waals surface area contributed by atoms with E-state index in [-0.39, 0.29) is 0 Å². The van der Waals surface area contributed by atoms with Crippen molar-refractivity contribution in [2.45, 2.75) is 64.0 Å². The fraction of sp³-hybridized carbons (Fsp3) is 1.00. The van der Waals surface area contributed by atoms with Gasteiger partial charge >= 0.3 is 0 Å².